The largest absolute Gasteiger partial charge is 0.495 e. The van der Waals surface area contributed by atoms with Gasteiger partial charge in [0.2, 0.25) is 0 Å². The molecule has 0 heterocycles. The molecule has 0 saturated carbocycles. The zero-order valence-electron chi connectivity index (χ0n) is 19.2. The second kappa shape index (κ2) is 10.2. The molecule has 0 saturated heterocycles. The van der Waals surface area contributed by atoms with Crippen LogP contribution in [0.3, 0.4) is 0 Å². The van der Waals surface area contributed by atoms with E-state index in [2.05, 4.69) is 10.1 Å². The Morgan fingerprint density at radius 3 is 2.14 bits per heavy atom. The molecule has 1 amide bonds. The molecule has 0 aromatic heterocycles. The van der Waals surface area contributed by atoms with Crippen molar-refractivity contribution in [2.45, 2.75) is 37.4 Å². The van der Waals surface area contributed by atoms with E-state index >= 15 is 0 Å². The summed E-state index contributed by atoms with van der Waals surface area (Å²) in [5.41, 5.74) is -3.56. The number of alkyl halides is 3. The molecule has 0 radical (unpaired) electrons. The second-order valence-corrected chi connectivity index (χ2v) is 10.0. The van der Waals surface area contributed by atoms with Crippen LogP contribution in [-0.4, -0.2) is 40.3 Å². The van der Waals surface area contributed by atoms with Crippen LogP contribution in [0.4, 0.5) is 29.3 Å². The van der Waals surface area contributed by atoms with Crippen molar-refractivity contribution in [1.29, 1.82) is 0 Å². The molecule has 0 spiro atoms. The van der Waals surface area contributed by atoms with Crippen molar-refractivity contribution in [3.8, 4) is 5.75 Å². The van der Waals surface area contributed by atoms with E-state index in [1.54, 1.807) is 20.8 Å². The number of hydrogen-bond acceptors (Lipinski definition) is 7. The van der Waals surface area contributed by atoms with Crippen LogP contribution >= 0.6 is 11.6 Å². The summed E-state index contributed by atoms with van der Waals surface area (Å²) in [5.74, 6) is -1.07. The molecule has 0 unspecified atom stereocenters. The van der Waals surface area contributed by atoms with Crippen molar-refractivity contribution in [2.24, 2.45) is 0 Å². The number of nitrogens with one attached hydrogen (secondary N) is 2. The van der Waals surface area contributed by atoms with E-state index in [1.165, 1.54) is 12.1 Å². The van der Waals surface area contributed by atoms with Crippen LogP contribution in [0.15, 0.2) is 35.2 Å². The van der Waals surface area contributed by atoms with Gasteiger partial charge in [-0.05, 0) is 51.1 Å². The Hall–Kier alpha value is -3.19. The van der Waals surface area contributed by atoms with Gasteiger partial charge >= 0.3 is 18.2 Å². The summed E-state index contributed by atoms with van der Waals surface area (Å²) in [7, 11) is -2.43. The van der Waals surface area contributed by atoms with Gasteiger partial charge in [-0.2, -0.15) is 13.2 Å². The summed E-state index contributed by atoms with van der Waals surface area (Å²) in [4.78, 5) is 23.5. The monoisotopic (exact) mass is 538 g/mol. The minimum Gasteiger partial charge on any atom is -0.495 e. The maximum absolute atomic E-state index is 13.5. The first-order valence-electron chi connectivity index (χ1n) is 9.68. The lowest BCUT2D eigenvalue weighted by molar-refractivity contribution is -0.137. The number of ether oxygens (including phenoxy) is 3. The molecule has 0 fully saturated rings. The lowest BCUT2D eigenvalue weighted by Crippen LogP contribution is -2.28. The molecule has 2 N–H and O–H groups in total. The highest BCUT2D eigenvalue weighted by Crippen LogP contribution is 2.40. The molecule has 0 aliphatic carbocycles. The first-order chi connectivity index (χ1) is 16.0. The maximum Gasteiger partial charge on any atom is 0.417 e. The minimum atomic E-state index is -4.94. The smallest absolute Gasteiger partial charge is 0.417 e. The van der Waals surface area contributed by atoms with Crippen LogP contribution in [0, 0.1) is 0 Å². The van der Waals surface area contributed by atoms with E-state index < -0.39 is 60.7 Å². The highest BCUT2D eigenvalue weighted by atomic mass is 35.5. The van der Waals surface area contributed by atoms with Gasteiger partial charge in [-0.15, -0.1) is 0 Å². The third kappa shape index (κ3) is 7.15. The van der Waals surface area contributed by atoms with Gasteiger partial charge in [-0.25, -0.2) is 18.0 Å². The fraction of sp³-hybridized carbons (Fsp3) is 0.333. The number of carbonyl (C=O) groups is 2. The minimum absolute atomic E-state index is 0.159. The third-order valence-corrected chi connectivity index (χ3v) is 5.87. The zero-order valence-corrected chi connectivity index (χ0v) is 20.7. The number of sulfonamides is 1. The molecule has 0 atom stereocenters. The molecule has 192 valence electrons. The number of rotatable bonds is 6. The van der Waals surface area contributed by atoms with Crippen molar-refractivity contribution in [1.82, 2.24) is 0 Å². The van der Waals surface area contributed by atoms with Gasteiger partial charge in [-0.3, -0.25) is 10.0 Å². The van der Waals surface area contributed by atoms with Crippen LogP contribution in [0.1, 0.15) is 36.7 Å². The Bertz CT molecular complexity index is 1240. The summed E-state index contributed by atoms with van der Waals surface area (Å²) in [5, 5.41) is 1.39. The van der Waals surface area contributed by atoms with Crippen molar-refractivity contribution >= 4 is 45.1 Å². The van der Waals surface area contributed by atoms with E-state index in [0.717, 1.165) is 26.4 Å². The van der Waals surface area contributed by atoms with E-state index in [9.17, 15) is 31.2 Å². The molecule has 0 bridgehead atoms. The SMILES string of the molecule is COC(=O)c1ccc(OC)c(S(=O)(=O)Nc2cc(C(F)(F)F)c(Cl)cc2NC(=O)OC(C)(C)C)c1. The quantitative estimate of drug-likeness (QED) is 0.479. The van der Waals surface area contributed by atoms with Crippen LogP contribution in [0.2, 0.25) is 5.02 Å². The van der Waals surface area contributed by atoms with Crippen molar-refractivity contribution in [2.75, 3.05) is 24.3 Å². The molecule has 2 rings (SSSR count). The molecule has 0 aliphatic rings. The van der Waals surface area contributed by atoms with Gasteiger partial charge < -0.3 is 14.2 Å². The van der Waals surface area contributed by atoms with E-state index in [4.69, 9.17) is 21.1 Å². The van der Waals surface area contributed by atoms with Crippen molar-refractivity contribution < 1.29 is 45.4 Å². The highest BCUT2D eigenvalue weighted by molar-refractivity contribution is 7.92. The molecule has 9 nitrogen and oxygen atoms in total. The molecule has 35 heavy (non-hydrogen) atoms. The van der Waals surface area contributed by atoms with E-state index in [1.807, 2.05) is 4.72 Å². The standard InChI is InChI=1S/C21H22ClF3N2O7S/c1-20(2,3)34-19(29)26-14-10-13(22)12(21(23,24)25)9-15(14)27-35(30,31)17-8-11(18(28)33-5)6-7-16(17)32-4/h6-10,27H,1-5H3,(H,26,29). The Balaban J connectivity index is 2.63. The summed E-state index contributed by atoms with van der Waals surface area (Å²) in [6.07, 6.45) is -6.01. The van der Waals surface area contributed by atoms with Crippen LogP contribution < -0.4 is 14.8 Å². The zero-order chi connectivity index (χ0) is 26.8. The fourth-order valence-electron chi connectivity index (χ4n) is 2.72. The second-order valence-electron chi connectivity index (χ2n) is 7.97. The van der Waals surface area contributed by atoms with E-state index in [-0.39, 0.29) is 11.3 Å². The molecule has 0 aliphatic heterocycles. The topological polar surface area (TPSA) is 120 Å². The number of methoxy groups -OCH3 is 2. The Kier molecular flexibility index (Phi) is 8.17. The lowest BCUT2D eigenvalue weighted by Gasteiger charge is -2.22. The van der Waals surface area contributed by atoms with Crippen LogP contribution in [0.5, 0.6) is 5.75 Å². The highest BCUT2D eigenvalue weighted by Gasteiger charge is 2.35. The Morgan fingerprint density at radius 1 is 1.00 bits per heavy atom. The maximum atomic E-state index is 13.5. The first kappa shape index (κ1) is 28.1. The summed E-state index contributed by atoms with van der Waals surface area (Å²) < 4.78 is 83.3. The number of amides is 1. The van der Waals surface area contributed by atoms with Gasteiger partial charge in [0, 0.05) is 0 Å². The van der Waals surface area contributed by atoms with Gasteiger partial charge in [0.05, 0.1) is 41.7 Å². The van der Waals surface area contributed by atoms with Crippen molar-refractivity contribution in [3.05, 3.63) is 46.5 Å². The Labute approximate surface area is 204 Å². The molecular weight excluding hydrogens is 517 g/mol. The predicted octanol–water partition coefficient (Wildman–Crippen LogP) is 5.30. The fourth-order valence-corrected chi connectivity index (χ4v) is 4.26. The third-order valence-electron chi connectivity index (χ3n) is 4.17. The summed E-state index contributed by atoms with van der Waals surface area (Å²) in [6, 6.07) is 4.49. The van der Waals surface area contributed by atoms with Crippen LogP contribution in [-0.2, 0) is 25.7 Å². The molecule has 2 aromatic rings. The van der Waals surface area contributed by atoms with Crippen LogP contribution in [0.25, 0.3) is 0 Å². The first-order valence-corrected chi connectivity index (χ1v) is 11.5. The van der Waals surface area contributed by atoms with Gasteiger partial charge in [0.1, 0.15) is 16.2 Å². The average molecular weight is 539 g/mol. The van der Waals surface area contributed by atoms with Crippen molar-refractivity contribution in [3.63, 3.8) is 0 Å². The molecule has 2 aromatic carbocycles. The van der Waals surface area contributed by atoms with E-state index in [0.29, 0.717) is 6.07 Å². The number of anilines is 2. The predicted molar refractivity (Wildman–Crippen MR) is 121 cm³/mol. The van der Waals surface area contributed by atoms with Gasteiger partial charge in [0.15, 0.2) is 0 Å². The summed E-state index contributed by atoms with van der Waals surface area (Å²) in [6.45, 7) is 4.66. The number of benzene rings is 2. The summed E-state index contributed by atoms with van der Waals surface area (Å²) >= 11 is 5.75. The number of carbonyl (C=O) groups excluding carboxylic acids is 2. The number of halogens is 4. The Morgan fingerprint density at radius 2 is 1.63 bits per heavy atom. The lowest BCUT2D eigenvalue weighted by atomic mass is 10.1. The molecule has 14 heteroatoms. The number of hydrogen-bond donors (Lipinski definition) is 2. The van der Waals surface area contributed by atoms with Gasteiger partial charge in [0.25, 0.3) is 10.0 Å². The molecular formula is C21H22ClF3N2O7S. The average Bonchev–Trinajstić information content (AvgIpc) is 2.72. The normalized spacial score (nSPS) is 12.0. The number of esters is 1. The van der Waals surface area contributed by atoms with Gasteiger partial charge in [-0.1, -0.05) is 11.6 Å².